The second-order valence-corrected chi connectivity index (χ2v) is 5.83. The first-order valence-corrected chi connectivity index (χ1v) is 7.10. The van der Waals surface area contributed by atoms with E-state index in [1.54, 1.807) is 11.3 Å². The minimum absolute atomic E-state index is 0.327. The Kier molecular flexibility index (Phi) is 3.17. The molecular weight excluding hydrogens is 250 g/mol. The van der Waals surface area contributed by atoms with Crippen LogP contribution in [0.25, 0.3) is 0 Å². The topological polar surface area (TPSA) is 61.4 Å². The highest BCUT2D eigenvalue weighted by molar-refractivity contribution is 7.15. The number of anilines is 1. The Hall–Kier alpha value is -1.21. The third-order valence-electron chi connectivity index (χ3n) is 3.62. The van der Waals surface area contributed by atoms with Gasteiger partial charge in [0.25, 0.3) is 0 Å². The van der Waals surface area contributed by atoms with Crippen molar-refractivity contribution in [3.63, 3.8) is 0 Å². The summed E-state index contributed by atoms with van der Waals surface area (Å²) >= 11 is 1.60. The van der Waals surface area contributed by atoms with Crippen LogP contribution in [0.15, 0.2) is 0 Å². The molecule has 2 aliphatic heterocycles. The molecule has 1 unspecified atom stereocenters. The van der Waals surface area contributed by atoms with E-state index in [2.05, 4.69) is 20.4 Å². The number of piperazine rings is 1. The average Bonchev–Trinajstić information content (AvgIpc) is 2.97. The SMILES string of the molecule is CNc1nnc(CN2CCN3C(=O)CCC3C2)s1. The molecule has 2 fully saturated rings. The van der Waals surface area contributed by atoms with Crippen molar-refractivity contribution < 1.29 is 4.79 Å². The molecular formula is C11H17N5OS. The van der Waals surface area contributed by atoms with Crippen molar-refractivity contribution in [1.82, 2.24) is 20.0 Å². The molecule has 0 aliphatic carbocycles. The Morgan fingerprint density at radius 2 is 2.33 bits per heavy atom. The standard InChI is InChI=1S/C11H17N5OS/c1-12-11-14-13-9(18-11)7-15-4-5-16-8(6-15)2-3-10(16)17/h8H,2-7H2,1H3,(H,12,14). The fraction of sp³-hybridized carbons (Fsp3) is 0.727. The normalized spacial score (nSPS) is 24.4. The maximum Gasteiger partial charge on any atom is 0.222 e. The van der Waals surface area contributed by atoms with E-state index in [1.165, 1.54) is 0 Å². The highest BCUT2D eigenvalue weighted by Crippen LogP contribution is 2.24. The van der Waals surface area contributed by atoms with Crippen molar-refractivity contribution >= 4 is 22.4 Å². The predicted octanol–water partition coefficient (Wildman–Crippen LogP) is 0.386. The zero-order valence-corrected chi connectivity index (χ0v) is 11.2. The number of rotatable bonds is 3. The predicted molar refractivity (Wildman–Crippen MR) is 69.5 cm³/mol. The van der Waals surface area contributed by atoms with E-state index in [1.807, 2.05) is 11.9 Å². The average molecular weight is 267 g/mol. The second-order valence-electron chi connectivity index (χ2n) is 4.77. The largest absolute Gasteiger partial charge is 0.363 e. The lowest BCUT2D eigenvalue weighted by Gasteiger charge is -2.37. The lowest BCUT2D eigenvalue weighted by molar-refractivity contribution is -0.130. The molecule has 2 saturated heterocycles. The van der Waals surface area contributed by atoms with Gasteiger partial charge in [-0.3, -0.25) is 9.69 Å². The first-order valence-electron chi connectivity index (χ1n) is 6.28. The molecule has 3 rings (SSSR count). The first-order chi connectivity index (χ1) is 8.76. The number of amides is 1. The summed E-state index contributed by atoms with van der Waals surface area (Å²) in [5, 5.41) is 13.1. The van der Waals surface area contributed by atoms with Crippen LogP contribution in [0.2, 0.25) is 0 Å². The highest BCUT2D eigenvalue weighted by atomic mass is 32.1. The van der Waals surface area contributed by atoms with E-state index in [0.717, 1.165) is 49.2 Å². The lowest BCUT2D eigenvalue weighted by atomic mass is 10.1. The van der Waals surface area contributed by atoms with E-state index in [9.17, 15) is 4.79 Å². The molecule has 0 aromatic carbocycles. The van der Waals surface area contributed by atoms with Crippen molar-refractivity contribution in [2.75, 3.05) is 32.0 Å². The lowest BCUT2D eigenvalue weighted by Crippen LogP contribution is -2.50. The first kappa shape index (κ1) is 11.9. The molecule has 1 N–H and O–H groups in total. The number of hydrogen-bond donors (Lipinski definition) is 1. The number of aromatic nitrogens is 2. The van der Waals surface area contributed by atoms with Gasteiger partial charge in [-0.2, -0.15) is 0 Å². The molecule has 1 atom stereocenters. The van der Waals surface area contributed by atoms with Gasteiger partial charge in [0.1, 0.15) is 5.01 Å². The van der Waals surface area contributed by atoms with Crippen LogP contribution >= 0.6 is 11.3 Å². The third kappa shape index (κ3) is 2.20. The van der Waals surface area contributed by atoms with E-state index in [4.69, 9.17) is 0 Å². The summed E-state index contributed by atoms with van der Waals surface area (Å²) in [6, 6.07) is 0.419. The van der Waals surface area contributed by atoms with Crippen LogP contribution in [-0.2, 0) is 11.3 Å². The monoisotopic (exact) mass is 267 g/mol. The summed E-state index contributed by atoms with van der Waals surface area (Å²) in [4.78, 5) is 16.0. The van der Waals surface area contributed by atoms with Crippen molar-refractivity contribution in [2.45, 2.75) is 25.4 Å². The maximum absolute atomic E-state index is 11.6. The summed E-state index contributed by atoms with van der Waals surface area (Å²) in [5.74, 6) is 0.327. The minimum atomic E-state index is 0.327. The summed E-state index contributed by atoms with van der Waals surface area (Å²) in [7, 11) is 1.85. The van der Waals surface area contributed by atoms with Gasteiger partial charge in [0, 0.05) is 39.1 Å². The van der Waals surface area contributed by atoms with Gasteiger partial charge < -0.3 is 10.2 Å². The van der Waals surface area contributed by atoms with E-state index < -0.39 is 0 Å². The van der Waals surface area contributed by atoms with Gasteiger partial charge in [0.2, 0.25) is 11.0 Å². The van der Waals surface area contributed by atoms with Crippen LogP contribution in [0.1, 0.15) is 17.8 Å². The number of hydrogen-bond acceptors (Lipinski definition) is 6. The van der Waals surface area contributed by atoms with Gasteiger partial charge in [-0.05, 0) is 6.42 Å². The quantitative estimate of drug-likeness (QED) is 0.858. The van der Waals surface area contributed by atoms with Crippen molar-refractivity contribution in [1.29, 1.82) is 0 Å². The molecule has 1 amide bonds. The van der Waals surface area contributed by atoms with Crippen LogP contribution < -0.4 is 5.32 Å². The minimum Gasteiger partial charge on any atom is -0.363 e. The van der Waals surface area contributed by atoms with Crippen molar-refractivity contribution in [3.8, 4) is 0 Å². The van der Waals surface area contributed by atoms with Gasteiger partial charge >= 0.3 is 0 Å². The Bertz CT molecular complexity index is 448. The van der Waals surface area contributed by atoms with Crippen LogP contribution in [0, 0.1) is 0 Å². The van der Waals surface area contributed by atoms with Gasteiger partial charge in [0.15, 0.2) is 0 Å². The van der Waals surface area contributed by atoms with E-state index in [0.29, 0.717) is 11.9 Å². The molecule has 6 nitrogen and oxygen atoms in total. The number of carbonyl (C=O) groups excluding carboxylic acids is 1. The molecule has 18 heavy (non-hydrogen) atoms. The van der Waals surface area contributed by atoms with Gasteiger partial charge in [-0.15, -0.1) is 10.2 Å². The maximum atomic E-state index is 11.6. The Morgan fingerprint density at radius 3 is 3.11 bits per heavy atom. The zero-order valence-electron chi connectivity index (χ0n) is 10.4. The fourth-order valence-corrected chi connectivity index (χ4v) is 3.42. The summed E-state index contributed by atoms with van der Waals surface area (Å²) < 4.78 is 0. The number of carbonyl (C=O) groups is 1. The molecule has 1 aromatic heterocycles. The Balaban J connectivity index is 1.60. The molecule has 0 bridgehead atoms. The van der Waals surface area contributed by atoms with Crippen LogP contribution in [0.5, 0.6) is 0 Å². The van der Waals surface area contributed by atoms with Crippen LogP contribution in [0.4, 0.5) is 5.13 Å². The van der Waals surface area contributed by atoms with Crippen molar-refractivity contribution in [2.24, 2.45) is 0 Å². The Labute approximate surface area is 110 Å². The third-order valence-corrected chi connectivity index (χ3v) is 4.54. The van der Waals surface area contributed by atoms with Gasteiger partial charge in [-0.25, -0.2) is 0 Å². The molecule has 98 valence electrons. The van der Waals surface area contributed by atoms with Crippen LogP contribution in [0.3, 0.4) is 0 Å². The van der Waals surface area contributed by atoms with Crippen molar-refractivity contribution in [3.05, 3.63) is 5.01 Å². The van der Waals surface area contributed by atoms with Gasteiger partial charge in [0.05, 0.1) is 6.54 Å². The van der Waals surface area contributed by atoms with Crippen LogP contribution in [-0.4, -0.2) is 58.6 Å². The summed E-state index contributed by atoms with van der Waals surface area (Å²) in [5.41, 5.74) is 0. The molecule has 0 saturated carbocycles. The fourth-order valence-electron chi connectivity index (χ4n) is 2.68. The number of nitrogens with zero attached hydrogens (tertiary/aromatic N) is 4. The molecule has 2 aliphatic rings. The van der Waals surface area contributed by atoms with E-state index >= 15 is 0 Å². The highest BCUT2D eigenvalue weighted by Gasteiger charge is 2.35. The van der Waals surface area contributed by atoms with Gasteiger partial charge in [-0.1, -0.05) is 11.3 Å². The molecule has 0 spiro atoms. The molecule has 1 aromatic rings. The molecule has 0 radical (unpaired) electrons. The zero-order chi connectivity index (χ0) is 12.5. The molecule has 3 heterocycles. The second kappa shape index (κ2) is 4.81. The number of nitrogens with one attached hydrogen (secondary N) is 1. The molecule has 7 heteroatoms. The van der Waals surface area contributed by atoms with E-state index in [-0.39, 0.29) is 0 Å². The smallest absolute Gasteiger partial charge is 0.222 e. The summed E-state index contributed by atoms with van der Waals surface area (Å²) in [6.45, 7) is 3.62. The Morgan fingerprint density at radius 1 is 1.44 bits per heavy atom. The number of fused-ring (bicyclic) bond motifs is 1. The summed E-state index contributed by atoms with van der Waals surface area (Å²) in [6.07, 6.45) is 1.73.